The Kier molecular flexibility index (Phi) is 3.55. The van der Waals surface area contributed by atoms with E-state index in [1.807, 2.05) is 25.1 Å². The van der Waals surface area contributed by atoms with Crippen LogP contribution in [0.1, 0.15) is 18.4 Å². The maximum absolute atomic E-state index is 5.72. The lowest BCUT2D eigenvalue weighted by Crippen LogP contribution is -2.15. The van der Waals surface area contributed by atoms with Crippen molar-refractivity contribution in [2.75, 3.05) is 0 Å². The number of nitrogens with zero attached hydrogens (tertiary/aromatic N) is 1. The van der Waals surface area contributed by atoms with Crippen molar-refractivity contribution in [3.63, 3.8) is 0 Å². The monoisotopic (exact) mass is 230 g/mol. The largest absolute Gasteiger partial charge is 0.318 e. The normalized spacial score (nSPS) is 12.1. The van der Waals surface area contributed by atoms with E-state index in [1.54, 1.807) is 11.3 Å². The van der Waals surface area contributed by atoms with Gasteiger partial charge in [0.15, 0.2) is 0 Å². The Morgan fingerprint density at radius 1 is 1.44 bits per heavy atom. The third-order valence-corrected chi connectivity index (χ3v) is 3.34. The van der Waals surface area contributed by atoms with Crippen LogP contribution >= 0.6 is 11.3 Å². The maximum atomic E-state index is 5.72. The van der Waals surface area contributed by atoms with Gasteiger partial charge in [-0.3, -0.25) is 0 Å². The summed E-state index contributed by atoms with van der Waals surface area (Å²) in [5.41, 5.74) is 6.78. The lowest BCUT2D eigenvalue weighted by molar-refractivity contribution is 0.805. The number of thiazole rings is 1. The van der Waals surface area contributed by atoms with Crippen molar-refractivity contribution in [3.8, 4) is 11.8 Å². The fraction of sp³-hybridized carbons (Fsp3) is 0.308. The van der Waals surface area contributed by atoms with Gasteiger partial charge in [-0.05, 0) is 18.6 Å². The molecule has 1 aromatic heterocycles. The van der Waals surface area contributed by atoms with Gasteiger partial charge < -0.3 is 5.73 Å². The summed E-state index contributed by atoms with van der Waals surface area (Å²) in [6.45, 7) is 2.04. The lowest BCUT2D eigenvalue weighted by atomic mass is 10.2. The van der Waals surface area contributed by atoms with Crippen LogP contribution in [-0.4, -0.2) is 11.0 Å². The molecule has 2 nitrogen and oxygen atoms in total. The average Bonchev–Trinajstić information content (AvgIpc) is 2.71. The van der Waals surface area contributed by atoms with Crippen LogP contribution in [-0.2, 0) is 6.42 Å². The Bertz CT molecular complexity index is 500. The summed E-state index contributed by atoms with van der Waals surface area (Å²) in [7, 11) is 0. The van der Waals surface area contributed by atoms with Crippen molar-refractivity contribution in [3.05, 3.63) is 29.3 Å². The molecule has 2 rings (SSSR count). The number of para-hydroxylation sites is 1. The van der Waals surface area contributed by atoms with Gasteiger partial charge in [0.25, 0.3) is 0 Å². The Morgan fingerprint density at radius 2 is 2.25 bits per heavy atom. The minimum Gasteiger partial charge on any atom is -0.318 e. The van der Waals surface area contributed by atoms with E-state index in [-0.39, 0.29) is 6.04 Å². The second kappa shape index (κ2) is 5.11. The molecular formula is C13H14N2S. The highest BCUT2D eigenvalue weighted by Gasteiger charge is 2.00. The summed E-state index contributed by atoms with van der Waals surface area (Å²) in [4.78, 5) is 4.51. The molecule has 1 atom stereocenters. The second-order valence-corrected chi connectivity index (χ2v) is 4.70. The zero-order chi connectivity index (χ0) is 11.4. The fourth-order valence-corrected chi connectivity index (χ4v) is 2.26. The van der Waals surface area contributed by atoms with Gasteiger partial charge in [-0.25, -0.2) is 4.98 Å². The molecule has 0 saturated heterocycles. The van der Waals surface area contributed by atoms with E-state index in [4.69, 9.17) is 5.73 Å². The summed E-state index contributed by atoms with van der Waals surface area (Å²) in [6.07, 6.45) is 1.60. The molecule has 0 amide bonds. The van der Waals surface area contributed by atoms with Crippen LogP contribution in [0.5, 0.6) is 0 Å². The van der Waals surface area contributed by atoms with Gasteiger partial charge in [0.1, 0.15) is 5.01 Å². The minimum absolute atomic E-state index is 0.00521. The van der Waals surface area contributed by atoms with E-state index >= 15 is 0 Å². The summed E-state index contributed by atoms with van der Waals surface area (Å²) in [5.74, 6) is 6.11. The second-order valence-electron chi connectivity index (χ2n) is 3.59. The molecule has 1 unspecified atom stereocenters. The van der Waals surface area contributed by atoms with Crippen molar-refractivity contribution < 1.29 is 0 Å². The molecule has 2 N–H and O–H groups in total. The molecule has 1 aromatic carbocycles. The Labute approximate surface area is 99.5 Å². The molecule has 0 fully saturated rings. The predicted octanol–water partition coefficient (Wildman–Crippen LogP) is 2.58. The van der Waals surface area contributed by atoms with Crippen LogP contribution in [0, 0.1) is 11.8 Å². The molecule has 0 radical (unpaired) electrons. The van der Waals surface area contributed by atoms with Gasteiger partial charge in [0.05, 0.1) is 22.7 Å². The lowest BCUT2D eigenvalue weighted by Gasteiger charge is -1.94. The van der Waals surface area contributed by atoms with Gasteiger partial charge in [0.2, 0.25) is 0 Å². The number of fused-ring (bicyclic) bond motifs is 1. The first kappa shape index (κ1) is 11.1. The third-order valence-electron chi connectivity index (χ3n) is 2.31. The molecule has 16 heavy (non-hydrogen) atoms. The highest BCUT2D eigenvalue weighted by molar-refractivity contribution is 7.18. The molecule has 0 aliphatic heterocycles. The predicted molar refractivity (Wildman–Crippen MR) is 69.4 cm³/mol. The average molecular weight is 230 g/mol. The van der Waals surface area contributed by atoms with E-state index in [9.17, 15) is 0 Å². The highest BCUT2D eigenvalue weighted by atomic mass is 32.1. The first-order valence-electron chi connectivity index (χ1n) is 5.38. The van der Waals surface area contributed by atoms with Crippen LogP contribution in [0.2, 0.25) is 0 Å². The van der Waals surface area contributed by atoms with E-state index in [0.29, 0.717) is 6.42 Å². The van der Waals surface area contributed by atoms with Crippen LogP contribution < -0.4 is 5.73 Å². The molecule has 3 heteroatoms. The summed E-state index contributed by atoms with van der Waals surface area (Å²) < 4.78 is 1.22. The number of hydrogen-bond donors (Lipinski definition) is 1. The molecule has 0 aliphatic carbocycles. The number of nitrogens with two attached hydrogens (primary N) is 1. The smallest absolute Gasteiger partial charge is 0.106 e. The van der Waals surface area contributed by atoms with Gasteiger partial charge in [-0.15, -0.1) is 11.3 Å². The number of hydrogen-bond acceptors (Lipinski definition) is 3. The fourth-order valence-electron chi connectivity index (χ4n) is 1.36. The number of benzene rings is 1. The first-order chi connectivity index (χ1) is 7.79. The first-order valence-corrected chi connectivity index (χ1v) is 6.19. The van der Waals surface area contributed by atoms with Crippen molar-refractivity contribution in [2.45, 2.75) is 25.8 Å². The highest BCUT2D eigenvalue weighted by Crippen LogP contribution is 2.21. The zero-order valence-electron chi connectivity index (χ0n) is 9.23. The molecular weight excluding hydrogens is 216 g/mol. The standard InChI is InChI=1S/C13H14N2S/c1-2-10(14)6-5-9-13-15-11-7-3-4-8-12(11)16-13/h3-4,7-8,10H,2,9,14H2,1H3. The molecule has 82 valence electrons. The van der Waals surface area contributed by atoms with Crippen LogP contribution in [0.15, 0.2) is 24.3 Å². The number of aromatic nitrogens is 1. The van der Waals surface area contributed by atoms with E-state index in [0.717, 1.165) is 16.9 Å². The van der Waals surface area contributed by atoms with E-state index < -0.39 is 0 Å². The van der Waals surface area contributed by atoms with Gasteiger partial charge in [0, 0.05) is 0 Å². The van der Waals surface area contributed by atoms with Crippen LogP contribution in [0.4, 0.5) is 0 Å². The Balaban J connectivity index is 2.12. The van der Waals surface area contributed by atoms with Gasteiger partial charge >= 0.3 is 0 Å². The molecule has 0 aliphatic rings. The minimum atomic E-state index is -0.00521. The van der Waals surface area contributed by atoms with Crippen LogP contribution in [0.3, 0.4) is 0 Å². The summed E-state index contributed by atoms with van der Waals surface area (Å²) in [6, 6.07) is 8.14. The molecule has 1 heterocycles. The molecule has 2 aromatic rings. The Morgan fingerprint density at radius 3 is 3.00 bits per heavy atom. The molecule has 0 saturated carbocycles. The van der Waals surface area contributed by atoms with Crippen molar-refractivity contribution >= 4 is 21.6 Å². The summed E-state index contributed by atoms with van der Waals surface area (Å²) >= 11 is 1.70. The number of rotatable bonds is 2. The maximum Gasteiger partial charge on any atom is 0.106 e. The van der Waals surface area contributed by atoms with Gasteiger partial charge in [-0.2, -0.15) is 0 Å². The zero-order valence-corrected chi connectivity index (χ0v) is 10.1. The van der Waals surface area contributed by atoms with Gasteiger partial charge in [-0.1, -0.05) is 30.9 Å². The third kappa shape index (κ3) is 2.60. The van der Waals surface area contributed by atoms with Crippen molar-refractivity contribution in [1.82, 2.24) is 4.98 Å². The van der Waals surface area contributed by atoms with Crippen LogP contribution in [0.25, 0.3) is 10.2 Å². The van der Waals surface area contributed by atoms with E-state index in [2.05, 4.69) is 22.9 Å². The molecule has 0 spiro atoms. The van der Waals surface area contributed by atoms with E-state index in [1.165, 1.54) is 4.70 Å². The Hall–Kier alpha value is -1.37. The summed E-state index contributed by atoms with van der Waals surface area (Å²) in [5, 5.41) is 1.07. The quantitative estimate of drug-likeness (QED) is 0.805. The topological polar surface area (TPSA) is 38.9 Å². The molecule has 0 bridgehead atoms. The van der Waals surface area contributed by atoms with Crippen molar-refractivity contribution in [2.24, 2.45) is 5.73 Å². The SMILES string of the molecule is CCC(N)C#CCc1nc2ccccc2s1. The van der Waals surface area contributed by atoms with Crippen molar-refractivity contribution in [1.29, 1.82) is 0 Å².